The summed E-state index contributed by atoms with van der Waals surface area (Å²) in [7, 11) is 1.44. The number of esters is 1. The Morgan fingerprint density at radius 1 is 1.26 bits per heavy atom. The first-order chi connectivity index (χ1) is 16.4. The highest BCUT2D eigenvalue weighted by Gasteiger charge is 2.32. The van der Waals surface area contributed by atoms with Crippen molar-refractivity contribution < 1.29 is 29.0 Å². The number of amides is 2. The van der Waals surface area contributed by atoms with E-state index in [1.54, 1.807) is 24.4 Å². The minimum Gasteiger partial charge on any atom is -0.490 e. The number of hydrogen-bond donors (Lipinski definition) is 3. The normalized spacial score (nSPS) is 19.3. The quantitative estimate of drug-likeness (QED) is 0.233. The Bertz CT molecular complexity index is 905. The number of aliphatic hydroxyl groups is 1. The molecule has 0 spiro atoms. The van der Waals surface area contributed by atoms with Crippen molar-refractivity contribution in [3.05, 3.63) is 59.6 Å². The molecule has 0 unspecified atom stereocenters. The van der Waals surface area contributed by atoms with Gasteiger partial charge in [0.15, 0.2) is 5.76 Å². The van der Waals surface area contributed by atoms with Crippen molar-refractivity contribution in [1.29, 1.82) is 0 Å². The second-order valence-electron chi connectivity index (χ2n) is 9.72. The third-order valence-corrected chi connectivity index (χ3v) is 5.43. The molecule has 1 aliphatic rings. The van der Waals surface area contributed by atoms with Gasteiger partial charge in [-0.05, 0) is 31.8 Å². The van der Waals surface area contributed by atoms with Crippen LogP contribution in [-0.2, 0) is 23.9 Å². The molecule has 3 atom stereocenters. The molecule has 0 aliphatic carbocycles. The van der Waals surface area contributed by atoms with Crippen LogP contribution in [0.15, 0.2) is 59.6 Å². The summed E-state index contributed by atoms with van der Waals surface area (Å²) in [4.78, 5) is 36.9. The van der Waals surface area contributed by atoms with Crippen molar-refractivity contribution in [2.45, 2.75) is 66.5 Å². The number of carbonyl (C=O) groups is 3. The van der Waals surface area contributed by atoms with Gasteiger partial charge in [0, 0.05) is 31.2 Å². The highest BCUT2D eigenvalue weighted by molar-refractivity contribution is 5.93. The summed E-state index contributed by atoms with van der Waals surface area (Å²) in [6, 6.07) is -0.741. The zero-order chi connectivity index (χ0) is 26.6. The van der Waals surface area contributed by atoms with E-state index in [0.717, 1.165) is 11.1 Å². The molecule has 1 rings (SSSR count). The number of allylic oxidation sites excluding steroid dienone is 4. The third-order valence-electron chi connectivity index (χ3n) is 5.43. The molecule has 1 aliphatic heterocycles. The standard InChI is InChI=1S/C27H40N2O6/c1-18(16-20(3)21-12-13-22(34-7)26(33)35-21)10-8-9-11-23(31)29-24(27(4,5)6)25(32)28-17-19(2)14-15-30/h8-11,13,16-17,20-21,24,30H,12,14-15H2,1-7H3,(H,28,32)(H,29,31)/b10-8-,11-9-,18-16+,19-17-/t20-,21-,24+/m0/s1. The Labute approximate surface area is 208 Å². The highest BCUT2D eigenvalue weighted by Crippen LogP contribution is 2.23. The number of ether oxygens (including phenoxy) is 2. The Hall–Kier alpha value is -3.13. The third kappa shape index (κ3) is 10.8. The number of methoxy groups -OCH3 is 1. The van der Waals surface area contributed by atoms with Gasteiger partial charge in [-0.1, -0.05) is 63.1 Å². The molecule has 0 saturated carbocycles. The summed E-state index contributed by atoms with van der Waals surface area (Å²) < 4.78 is 10.4. The molecule has 0 aromatic rings. The molecule has 0 bridgehead atoms. The lowest BCUT2D eigenvalue weighted by Gasteiger charge is -2.29. The molecule has 35 heavy (non-hydrogen) atoms. The van der Waals surface area contributed by atoms with E-state index in [9.17, 15) is 14.4 Å². The summed E-state index contributed by atoms with van der Waals surface area (Å²) in [5, 5.41) is 14.4. The minimum absolute atomic E-state index is 0.00410. The predicted molar refractivity (Wildman–Crippen MR) is 136 cm³/mol. The minimum atomic E-state index is -0.741. The highest BCUT2D eigenvalue weighted by atomic mass is 16.6. The monoisotopic (exact) mass is 488 g/mol. The van der Waals surface area contributed by atoms with Gasteiger partial charge in [0.25, 0.3) is 0 Å². The first-order valence-corrected chi connectivity index (χ1v) is 11.7. The van der Waals surface area contributed by atoms with Crippen LogP contribution in [0.1, 0.15) is 54.4 Å². The van der Waals surface area contributed by atoms with Crippen LogP contribution in [0.4, 0.5) is 0 Å². The fourth-order valence-corrected chi connectivity index (χ4v) is 3.36. The number of aliphatic hydroxyl groups excluding tert-OH is 1. The average Bonchev–Trinajstić information content (AvgIpc) is 2.78. The summed E-state index contributed by atoms with van der Waals surface area (Å²) in [5.41, 5.74) is 1.29. The van der Waals surface area contributed by atoms with Crippen LogP contribution in [0.3, 0.4) is 0 Å². The molecule has 1 heterocycles. The summed E-state index contributed by atoms with van der Waals surface area (Å²) in [5.74, 6) is -0.922. The average molecular weight is 489 g/mol. The Kier molecular flexibility index (Phi) is 12.2. The molecule has 3 N–H and O–H groups in total. The molecular formula is C27H40N2O6. The second kappa shape index (κ2) is 14.3. The van der Waals surface area contributed by atoms with E-state index < -0.39 is 17.4 Å². The van der Waals surface area contributed by atoms with E-state index in [0.29, 0.717) is 12.8 Å². The molecule has 0 radical (unpaired) electrons. The van der Waals surface area contributed by atoms with Gasteiger partial charge in [-0.2, -0.15) is 0 Å². The summed E-state index contributed by atoms with van der Waals surface area (Å²) in [6.07, 6.45) is 12.7. The maximum Gasteiger partial charge on any atom is 0.373 e. The van der Waals surface area contributed by atoms with Crippen molar-refractivity contribution in [2.24, 2.45) is 11.3 Å². The second-order valence-corrected chi connectivity index (χ2v) is 9.72. The first kappa shape index (κ1) is 29.9. The Morgan fingerprint density at radius 3 is 2.49 bits per heavy atom. The number of nitrogens with one attached hydrogen (secondary N) is 2. The van der Waals surface area contributed by atoms with Crippen LogP contribution >= 0.6 is 0 Å². The van der Waals surface area contributed by atoms with Crippen molar-refractivity contribution in [3.8, 4) is 0 Å². The lowest BCUT2D eigenvalue weighted by Crippen LogP contribution is -2.52. The van der Waals surface area contributed by atoms with Crippen molar-refractivity contribution in [2.75, 3.05) is 13.7 Å². The van der Waals surface area contributed by atoms with Crippen LogP contribution < -0.4 is 10.6 Å². The first-order valence-electron chi connectivity index (χ1n) is 11.7. The molecule has 8 nitrogen and oxygen atoms in total. The van der Waals surface area contributed by atoms with E-state index in [1.165, 1.54) is 13.2 Å². The van der Waals surface area contributed by atoms with E-state index in [1.807, 2.05) is 53.7 Å². The number of carbonyl (C=O) groups excluding carboxylic acids is 3. The fourth-order valence-electron chi connectivity index (χ4n) is 3.36. The van der Waals surface area contributed by atoms with Crippen LogP contribution in [0, 0.1) is 11.3 Å². The van der Waals surface area contributed by atoms with E-state index >= 15 is 0 Å². The molecule has 2 amide bonds. The van der Waals surface area contributed by atoms with Crippen molar-refractivity contribution in [3.63, 3.8) is 0 Å². The molecular weight excluding hydrogens is 448 g/mol. The SMILES string of the molecule is COC1=CC[C@@H]([C@@H](C)/C=C(C)/C=C\C=C/C(=O)N[C@H](C(=O)N/C=C(/C)CCO)C(C)(C)C)OC1=O. The largest absolute Gasteiger partial charge is 0.490 e. The summed E-state index contributed by atoms with van der Waals surface area (Å²) >= 11 is 0. The zero-order valence-electron chi connectivity index (χ0n) is 21.9. The number of rotatable bonds is 11. The van der Waals surface area contributed by atoms with Crippen molar-refractivity contribution in [1.82, 2.24) is 10.6 Å². The van der Waals surface area contributed by atoms with Gasteiger partial charge in [0.2, 0.25) is 11.8 Å². The summed E-state index contributed by atoms with van der Waals surface area (Å²) in [6.45, 7) is 11.3. The maximum atomic E-state index is 12.6. The van der Waals surface area contributed by atoms with Crippen LogP contribution in [0.5, 0.6) is 0 Å². The molecule has 0 fully saturated rings. The molecule has 0 saturated heterocycles. The topological polar surface area (TPSA) is 114 Å². The predicted octanol–water partition coefficient (Wildman–Crippen LogP) is 3.46. The van der Waals surface area contributed by atoms with Gasteiger partial charge in [-0.25, -0.2) is 4.79 Å². The van der Waals surface area contributed by atoms with E-state index in [2.05, 4.69) is 10.6 Å². The van der Waals surface area contributed by atoms with Gasteiger partial charge in [-0.15, -0.1) is 0 Å². The molecule has 194 valence electrons. The lowest BCUT2D eigenvalue weighted by atomic mass is 9.86. The maximum absolute atomic E-state index is 12.6. The van der Waals surface area contributed by atoms with E-state index in [4.69, 9.17) is 14.6 Å². The molecule has 0 aromatic carbocycles. The van der Waals surface area contributed by atoms with Gasteiger partial charge in [0.05, 0.1) is 7.11 Å². The van der Waals surface area contributed by atoms with Crippen molar-refractivity contribution >= 4 is 17.8 Å². The van der Waals surface area contributed by atoms with Gasteiger partial charge in [-0.3, -0.25) is 9.59 Å². The molecule has 0 aromatic heterocycles. The number of hydrogen-bond acceptors (Lipinski definition) is 6. The Balaban J connectivity index is 2.69. The van der Waals surface area contributed by atoms with Gasteiger partial charge in [0.1, 0.15) is 12.1 Å². The zero-order valence-corrected chi connectivity index (χ0v) is 21.9. The lowest BCUT2D eigenvalue weighted by molar-refractivity contribution is -0.151. The molecule has 8 heteroatoms. The van der Waals surface area contributed by atoms with Crippen LogP contribution in [0.2, 0.25) is 0 Å². The van der Waals surface area contributed by atoms with Crippen LogP contribution in [-0.4, -0.2) is 48.8 Å². The Morgan fingerprint density at radius 2 is 1.91 bits per heavy atom. The number of cyclic esters (lactones) is 1. The van der Waals surface area contributed by atoms with Crippen LogP contribution in [0.25, 0.3) is 0 Å². The fraction of sp³-hybridized carbons (Fsp3) is 0.519. The van der Waals surface area contributed by atoms with Gasteiger partial charge >= 0.3 is 5.97 Å². The van der Waals surface area contributed by atoms with Gasteiger partial charge < -0.3 is 25.2 Å². The van der Waals surface area contributed by atoms with E-state index in [-0.39, 0.29) is 36.2 Å². The smallest absolute Gasteiger partial charge is 0.373 e.